The normalized spacial score (nSPS) is 16.5. The molecule has 0 fully saturated rings. The van der Waals surface area contributed by atoms with Gasteiger partial charge in [0.15, 0.2) is 11.7 Å². The van der Waals surface area contributed by atoms with Crippen molar-refractivity contribution in [3.8, 4) is 0 Å². The molecule has 0 bridgehead atoms. The zero-order valence-electron chi connectivity index (χ0n) is 8.70. The van der Waals surface area contributed by atoms with Crippen molar-refractivity contribution in [2.45, 2.75) is 6.42 Å². The number of carbonyl (C=O) groups excluding carboxylic acids is 1. The maximum absolute atomic E-state index is 13.4. The molecule has 0 aliphatic heterocycles. The van der Waals surface area contributed by atoms with Crippen LogP contribution in [0.25, 0.3) is 0 Å². The van der Waals surface area contributed by atoms with Gasteiger partial charge in [-0.3, -0.25) is 10.1 Å². The number of hydrogen-bond acceptors (Lipinski definition) is 5. The molecule has 0 aromatic carbocycles. The molecule has 2 N–H and O–H groups in total. The highest BCUT2D eigenvalue weighted by molar-refractivity contribution is 5.90. The van der Waals surface area contributed by atoms with Gasteiger partial charge in [-0.05, 0) is 0 Å². The minimum atomic E-state index is -1.63. The van der Waals surface area contributed by atoms with Crippen molar-refractivity contribution in [3.05, 3.63) is 44.8 Å². The monoisotopic (exact) mass is 246 g/mol. The van der Waals surface area contributed by atoms with Crippen LogP contribution in [0.15, 0.2) is 34.7 Å². The van der Waals surface area contributed by atoms with Crippen molar-refractivity contribution in [2.24, 2.45) is 5.73 Å². The minimum absolute atomic E-state index is 0.469. The van der Waals surface area contributed by atoms with Crippen LogP contribution in [0.2, 0.25) is 0 Å². The maximum Gasteiger partial charge on any atom is 0.337 e. The van der Waals surface area contributed by atoms with E-state index in [2.05, 4.69) is 4.74 Å². The van der Waals surface area contributed by atoms with E-state index in [0.717, 1.165) is 13.2 Å². The SMILES string of the molecule is COC(=O)C1=C(F)C(F)=C(N)C([N+](=O)[O-])=CC1. The smallest absolute Gasteiger partial charge is 0.337 e. The number of hydrogen-bond donors (Lipinski definition) is 1. The topological polar surface area (TPSA) is 95.5 Å². The number of allylic oxidation sites excluding steroid dienone is 3. The van der Waals surface area contributed by atoms with Crippen molar-refractivity contribution in [2.75, 3.05) is 7.11 Å². The lowest BCUT2D eigenvalue weighted by Crippen LogP contribution is -2.10. The highest BCUT2D eigenvalue weighted by Crippen LogP contribution is 2.29. The van der Waals surface area contributed by atoms with Crippen LogP contribution in [-0.4, -0.2) is 18.0 Å². The number of methoxy groups -OCH3 is 1. The van der Waals surface area contributed by atoms with Gasteiger partial charge in [-0.1, -0.05) is 0 Å². The van der Waals surface area contributed by atoms with E-state index in [1.165, 1.54) is 0 Å². The molecule has 1 rings (SSSR count). The first-order chi connectivity index (χ1) is 7.90. The Morgan fingerprint density at radius 1 is 1.53 bits per heavy atom. The number of ether oxygens (including phenoxy) is 1. The van der Waals surface area contributed by atoms with E-state index in [-0.39, 0.29) is 0 Å². The van der Waals surface area contributed by atoms with Gasteiger partial charge in [0.1, 0.15) is 5.70 Å². The van der Waals surface area contributed by atoms with Gasteiger partial charge >= 0.3 is 5.97 Å². The van der Waals surface area contributed by atoms with Crippen LogP contribution in [0.1, 0.15) is 6.42 Å². The molecule has 0 atom stereocenters. The van der Waals surface area contributed by atoms with Gasteiger partial charge in [0.2, 0.25) is 0 Å². The minimum Gasteiger partial charge on any atom is -0.466 e. The number of rotatable bonds is 2. The van der Waals surface area contributed by atoms with E-state index in [1.807, 2.05) is 0 Å². The predicted octanol–water partition coefficient (Wildman–Crippen LogP) is 1.09. The quantitative estimate of drug-likeness (QED) is 0.447. The Bertz CT molecular complexity index is 479. The van der Waals surface area contributed by atoms with Crippen LogP contribution in [-0.2, 0) is 9.53 Å². The molecular formula is C9H8F2N2O4. The second kappa shape index (κ2) is 4.73. The lowest BCUT2D eigenvalue weighted by Gasteiger charge is -2.02. The predicted molar refractivity (Wildman–Crippen MR) is 52.2 cm³/mol. The van der Waals surface area contributed by atoms with Gasteiger partial charge in [0, 0.05) is 12.5 Å². The molecular weight excluding hydrogens is 238 g/mol. The molecule has 8 heteroatoms. The first kappa shape index (κ1) is 12.8. The Morgan fingerprint density at radius 2 is 2.12 bits per heavy atom. The molecule has 6 nitrogen and oxygen atoms in total. The molecule has 17 heavy (non-hydrogen) atoms. The zero-order valence-corrected chi connectivity index (χ0v) is 8.70. The molecule has 0 spiro atoms. The van der Waals surface area contributed by atoms with Gasteiger partial charge in [-0.2, -0.15) is 0 Å². The van der Waals surface area contributed by atoms with Crippen molar-refractivity contribution in [1.82, 2.24) is 0 Å². The molecule has 0 saturated heterocycles. The molecule has 0 amide bonds. The van der Waals surface area contributed by atoms with E-state index in [0.29, 0.717) is 0 Å². The Labute approximate surface area is 94.2 Å². The fourth-order valence-electron chi connectivity index (χ4n) is 1.23. The number of carbonyl (C=O) groups is 1. The molecule has 0 radical (unpaired) electrons. The van der Waals surface area contributed by atoms with E-state index >= 15 is 0 Å². The molecule has 1 aliphatic rings. The Morgan fingerprint density at radius 3 is 2.59 bits per heavy atom. The lowest BCUT2D eigenvalue weighted by molar-refractivity contribution is -0.421. The molecule has 92 valence electrons. The summed E-state index contributed by atoms with van der Waals surface area (Å²) in [5, 5.41) is 10.5. The first-order valence-corrected chi connectivity index (χ1v) is 4.37. The third-order valence-corrected chi connectivity index (χ3v) is 2.10. The molecule has 0 aromatic rings. The second-order valence-electron chi connectivity index (χ2n) is 3.06. The Hall–Kier alpha value is -2.25. The fraction of sp³-hybridized carbons (Fsp3) is 0.222. The van der Waals surface area contributed by atoms with Crippen LogP contribution < -0.4 is 5.73 Å². The third-order valence-electron chi connectivity index (χ3n) is 2.10. The van der Waals surface area contributed by atoms with Crippen LogP contribution in [0.4, 0.5) is 8.78 Å². The summed E-state index contributed by atoms with van der Waals surface area (Å²) in [5.41, 5.74) is 2.70. The zero-order chi connectivity index (χ0) is 13.2. The Kier molecular flexibility index (Phi) is 3.56. The van der Waals surface area contributed by atoms with Gasteiger partial charge in [0.05, 0.1) is 17.6 Å². The summed E-state index contributed by atoms with van der Waals surface area (Å²) in [5.74, 6) is -4.28. The summed E-state index contributed by atoms with van der Waals surface area (Å²) in [6, 6.07) is 0. The van der Waals surface area contributed by atoms with E-state index < -0.39 is 45.9 Å². The first-order valence-electron chi connectivity index (χ1n) is 4.37. The van der Waals surface area contributed by atoms with Crippen molar-refractivity contribution in [1.29, 1.82) is 0 Å². The molecule has 0 heterocycles. The highest BCUT2D eigenvalue weighted by Gasteiger charge is 2.29. The van der Waals surface area contributed by atoms with Crippen molar-refractivity contribution < 1.29 is 23.2 Å². The number of halogens is 2. The fourth-order valence-corrected chi connectivity index (χ4v) is 1.23. The summed E-state index contributed by atoms with van der Waals surface area (Å²) in [4.78, 5) is 20.7. The largest absolute Gasteiger partial charge is 0.466 e. The van der Waals surface area contributed by atoms with E-state index in [4.69, 9.17) is 5.73 Å². The van der Waals surface area contributed by atoms with Gasteiger partial charge in [-0.25, -0.2) is 13.6 Å². The van der Waals surface area contributed by atoms with Crippen molar-refractivity contribution >= 4 is 5.97 Å². The molecule has 0 aromatic heterocycles. The number of nitro groups is 1. The van der Waals surface area contributed by atoms with Gasteiger partial charge in [0.25, 0.3) is 5.70 Å². The summed E-state index contributed by atoms with van der Waals surface area (Å²) in [6.45, 7) is 0. The third kappa shape index (κ3) is 2.30. The molecule has 0 unspecified atom stereocenters. The molecule has 0 saturated carbocycles. The highest BCUT2D eigenvalue weighted by atomic mass is 19.2. The number of esters is 1. The number of nitrogens with zero attached hydrogens (tertiary/aromatic N) is 1. The van der Waals surface area contributed by atoms with Crippen molar-refractivity contribution in [3.63, 3.8) is 0 Å². The maximum atomic E-state index is 13.4. The average Bonchev–Trinajstić information content (AvgIpc) is 2.40. The van der Waals surface area contributed by atoms with Gasteiger partial charge < -0.3 is 10.5 Å². The summed E-state index contributed by atoms with van der Waals surface area (Å²) >= 11 is 0. The lowest BCUT2D eigenvalue weighted by atomic mass is 10.1. The second-order valence-corrected chi connectivity index (χ2v) is 3.06. The van der Waals surface area contributed by atoms with Crippen LogP contribution >= 0.6 is 0 Å². The standard InChI is InChI=1S/C9H8F2N2O4/c1-17-9(14)4-2-3-5(13(15)16)8(12)7(11)6(4)10/h3H,2,12H2,1H3. The summed E-state index contributed by atoms with van der Waals surface area (Å²) < 4.78 is 31.0. The summed E-state index contributed by atoms with van der Waals surface area (Å²) in [6.07, 6.45) is 0.386. The van der Waals surface area contributed by atoms with Crippen LogP contribution in [0.3, 0.4) is 0 Å². The van der Waals surface area contributed by atoms with Gasteiger partial charge in [-0.15, -0.1) is 0 Å². The van der Waals surface area contributed by atoms with E-state index in [1.54, 1.807) is 0 Å². The molecule has 1 aliphatic carbocycles. The van der Waals surface area contributed by atoms with Crippen LogP contribution in [0.5, 0.6) is 0 Å². The number of nitrogens with two attached hydrogens (primary N) is 1. The van der Waals surface area contributed by atoms with Crippen LogP contribution in [0, 0.1) is 10.1 Å². The summed E-state index contributed by atoms with van der Waals surface area (Å²) in [7, 11) is 0.983. The van der Waals surface area contributed by atoms with E-state index in [9.17, 15) is 23.7 Å². The Balaban J connectivity index is 3.34. The average molecular weight is 246 g/mol.